The van der Waals surface area contributed by atoms with Gasteiger partial charge in [-0.3, -0.25) is 4.79 Å². The molecule has 0 saturated heterocycles. The first-order valence-corrected chi connectivity index (χ1v) is 7.70. The summed E-state index contributed by atoms with van der Waals surface area (Å²) in [7, 11) is 1.85. The maximum absolute atomic E-state index is 12.0. The normalized spacial score (nSPS) is 15.5. The summed E-state index contributed by atoms with van der Waals surface area (Å²) in [5.41, 5.74) is 2.58. The van der Waals surface area contributed by atoms with E-state index in [0.717, 1.165) is 5.69 Å². The standard InChI is InChI=1S/C17H23NO3/c1-3-21-17(20)16(19)13-9-10-14(15(11-13)18-2)12-7-5-4-6-8-12/h9-12,18H,3-8H2,1-2H3. The Kier molecular flexibility index (Phi) is 5.37. The molecule has 0 radical (unpaired) electrons. The number of ether oxygens (including phenoxy) is 1. The van der Waals surface area contributed by atoms with E-state index in [1.54, 1.807) is 19.1 Å². The zero-order valence-corrected chi connectivity index (χ0v) is 12.8. The second-order valence-corrected chi connectivity index (χ2v) is 5.44. The minimum absolute atomic E-state index is 0.212. The highest BCUT2D eigenvalue weighted by Gasteiger charge is 2.22. The summed E-state index contributed by atoms with van der Waals surface area (Å²) >= 11 is 0. The lowest BCUT2D eigenvalue weighted by atomic mass is 9.83. The number of nitrogens with one attached hydrogen (secondary N) is 1. The van der Waals surface area contributed by atoms with Crippen LogP contribution >= 0.6 is 0 Å². The SMILES string of the molecule is CCOC(=O)C(=O)c1ccc(C2CCCCC2)c(NC)c1. The lowest BCUT2D eigenvalue weighted by Gasteiger charge is -2.24. The van der Waals surface area contributed by atoms with E-state index in [4.69, 9.17) is 4.74 Å². The highest BCUT2D eigenvalue weighted by atomic mass is 16.5. The minimum Gasteiger partial charge on any atom is -0.460 e. The number of benzene rings is 1. The molecule has 4 nitrogen and oxygen atoms in total. The molecule has 0 aromatic heterocycles. The van der Waals surface area contributed by atoms with Crippen LogP contribution in [0, 0.1) is 0 Å². The van der Waals surface area contributed by atoms with Crippen molar-refractivity contribution in [1.82, 2.24) is 0 Å². The average Bonchev–Trinajstić information content (AvgIpc) is 2.54. The van der Waals surface area contributed by atoms with E-state index in [1.165, 1.54) is 37.7 Å². The molecule has 4 heteroatoms. The minimum atomic E-state index is -0.787. The van der Waals surface area contributed by atoms with Crippen LogP contribution in [-0.4, -0.2) is 25.4 Å². The molecular formula is C17H23NO3. The monoisotopic (exact) mass is 289 g/mol. The van der Waals surface area contributed by atoms with Crippen LogP contribution in [0.5, 0.6) is 0 Å². The first kappa shape index (κ1) is 15.5. The van der Waals surface area contributed by atoms with Crippen molar-refractivity contribution in [2.24, 2.45) is 0 Å². The molecular weight excluding hydrogens is 266 g/mol. The molecule has 0 heterocycles. The van der Waals surface area contributed by atoms with Gasteiger partial charge in [0.25, 0.3) is 5.78 Å². The zero-order chi connectivity index (χ0) is 15.2. The third-order valence-electron chi connectivity index (χ3n) is 4.09. The number of hydrogen-bond acceptors (Lipinski definition) is 4. The predicted molar refractivity (Wildman–Crippen MR) is 82.8 cm³/mol. The van der Waals surface area contributed by atoms with E-state index >= 15 is 0 Å². The van der Waals surface area contributed by atoms with Gasteiger partial charge in [0.2, 0.25) is 0 Å². The lowest BCUT2D eigenvalue weighted by molar-refractivity contribution is -0.137. The van der Waals surface area contributed by atoms with E-state index < -0.39 is 11.8 Å². The van der Waals surface area contributed by atoms with Crippen molar-refractivity contribution in [2.75, 3.05) is 19.0 Å². The van der Waals surface area contributed by atoms with Gasteiger partial charge in [0.1, 0.15) is 0 Å². The lowest BCUT2D eigenvalue weighted by Crippen LogP contribution is -2.18. The Labute approximate surface area is 125 Å². The molecule has 114 valence electrons. The first-order valence-electron chi connectivity index (χ1n) is 7.70. The molecule has 0 atom stereocenters. The number of esters is 1. The van der Waals surface area contributed by atoms with Gasteiger partial charge >= 0.3 is 5.97 Å². The van der Waals surface area contributed by atoms with E-state index in [0.29, 0.717) is 11.5 Å². The van der Waals surface area contributed by atoms with E-state index in [-0.39, 0.29) is 6.61 Å². The number of carbonyl (C=O) groups excluding carboxylic acids is 2. The Morgan fingerprint density at radius 2 is 1.95 bits per heavy atom. The smallest absolute Gasteiger partial charge is 0.379 e. The Balaban J connectivity index is 2.23. The fraction of sp³-hybridized carbons (Fsp3) is 0.529. The highest BCUT2D eigenvalue weighted by molar-refractivity contribution is 6.40. The zero-order valence-electron chi connectivity index (χ0n) is 12.8. The molecule has 0 aliphatic heterocycles. The maximum atomic E-state index is 12.0. The molecule has 1 saturated carbocycles. The quantitative estimate of drug-likeness (QED) is 0.512. The summed E-state index contributed by atoms with van der Waals surface area (Å²) in [6.07, 6.45) is 6.22. The van der Waals surface area contributed by atoms with Gasteiger partial charge in [-0.1, -0.05) is 31.4 Å². The van der Waals surface area contributed by atoms with Crippen LogP contribution in [0.2, 0.25) is 0 Å². The molecule has 0 bridgehead atoms. The largest absolute Gasteiger partial charge is 0.460 e. The van der Waals surface area contributed by atoms with Gasteiger partial charge in [-0.2, -0.15) is 0 Å². The summed E-state index contributed by atoms with van der Waals surface area (Å²) in [6.45, 7) is 1.90. The number of rotatable bonds is 5. The average molecular weight is 289 g/mol. The van der Waals surface area contributed by atoms with Crippen LogP contribution in [0.4, 0.5) is 5.69 Å². The molecule has 21 heavy (non-hydrogen) atoms. The summed E-state index contributed by atoms with van der Waals surface area (Å²) in [5, 5.41) is 3.15. The van der Waals surface area contributed by atoms with Gasteiger partial charge in [0.15, 0.2) is 0 Å². The number of hydrogen-bond donors (Lipinski definition) is 1. The third-order valence-corrected chi connectivity index (χ3v) is 4.09. The van der Waals surface area contributed by atoms with Crippen LogP contribution in [0.25, 0.3) is 0 Å². The molecule has 1 N–H and O–H groups in total. The fourth-order valence-corrected chi connectivity index (χ4v) is 3.00. The van der Waals surface area contributed by atoms with Crippen LogP contribution in [-0.2, 0) is 9.53 Å². The molecule has 0 amide bonds. The fourth-order valence-electron chi connectivity index (χ4n) is 3.00. The van der Waals surface area contributed by atoms with Gasteiger partial charge in [0.05, 0.1) is 6.61 Å². The Hall–Kier alpha value is -1.84. The van der Waals surface area contributed by atoms with Crippen molar-refractivity contribution < 1.29 is 14.3 Å². The Morgan fingerprint density at radius 1 is 1.24 bits per heavy atom. The molecule has 1 aliphatic carbocycles. The summed E-state index contributed by atoms with van der Waals surface area (Å²) in [4.78, 5) is 23.5. The number of Topliss-reactive ketones (excluding diaryl/α,β-unsaturated/α-hetero) is 1. The Bertz CT molecular complexity index is 519. The molecule has 1 fully saturated rings. The number of carbonyl (C=O) groups is 2. The molecule has 1 aromatic carbocycles. The van der Waals surface area contributed by atoms with Gasteiger partial charge in [-0.25, -0.2) is 4.79 Å². The summed E-state index contributed by atoms with van der Waals surface area (Å²) < 4.78 is 4.77. The van der Waals surface area contributed by atoms with E-state index in [2.05, 4.69) is 5.32 Å². The van der Waals surface area contributed by atoms with Crippen molar-refractivity contribution in [3.8, 4) is 0 Å². The van der Waals surface area contributed by atoms with Crippen molar-refractivity contribution in [1.29, 1.82) is 0 Å². The van der Waals surface area contributed by atoms with E-state index in [1.807, 2.05) is 13.1 Å². The van der Waals surface area contributed by atoms with E-state index in [9.17, 15) is 9.59 Å². The molecule has 2 rings (SSSR count). The van der Waals surface area contributed by atoms with Crippen molar-refractivity contribution in [3.63, 3.8) is 0 Å². The highest BCUT2D eigenvalue weighted by Crippen LogP contribution is 2.36. The molecule has 0 spiro atoms. The van der Waals surface area contributed by atoms with Crippen LogP contribution in [0.15, 0.2) is 18.2 Å². The summed E-state index contributed by atoms with van der Waals surface area (Å²) in [5.74, 6) is -0.818. The van der Waals surface area contributed by atoms with Crippen molar-refractivity contribution >= 4 is 17.4 Å². The maximum Gasteiger partial charge on any atom is 0.379 e. The second-order valence-electron chi connectivity index (χ2n) is 5.44. The number of anilines is 1. The first-order chi connectivity index (χ1) is 10.2. The van der Waals surface area contributed by atoms with Crippen LogP contribution in [0.3, 0.4) is 0 Å². The van der Waals surface area contributed by atoms with Gasteiger partial charge in [-0.05, 0) is 37.3 Å². The summed E-state index contributed by atoms with van der Waals surface area (Å²) in [6, 6.07) is 5.49. The topological polar surface area (TPSA) is 55.4 Å². The number of ketones is 1. The Morgan fingerprint density at radius 3 is 2.57 bits per heavy atom. The van der Waals surface area contributed by atoms with Crippen molar-refractivity contribution in [3.05, 3.63) is 29.3 Å². The molecule has 1 aromatic rings. The van der Waals surface area contributed by atoms with Crippen molar-refractivity contribution in [2.45, 2.75) is 44.9 Å². The van der Waals surface area contributed by atoms with Gasteiger partial charge in [-0.15, -0.1) is 0 Å². The predicted octanol–water partition coefficient (Wildman–Crippen LogP) is 3.52. The van der Waals surface area contributed by atoms with Crippen LogP contribution < -0.4 is 5.32 Å². The molecule has 0 unspecified atom stereocenters. The third kappa shape index (κ3) is 3.63. The van der Waals surface area contributed by atoms with Gasteiger partial charge in [0, 0.05) is 18.3 Å². The molecule has 1 aliphatic rings. The second kappa shape index (κ2) is 7.25. The van der Waals surface area contributed by atoms with Crippen LogP contribution in [0.1, 0.15) is 60.9 Å². The van der Waals surface area contributed by atoms with Gasteiger partial charge < -0.3 is 10.1 Å².